The van der Waals surface area contributed by atoms with Crippen molar-refractivity contribution in [3.8, 4) is 23.0 Å². The molecule has 2 aromatic carbocycles. The molecule has 174 valence electrons. The quantitative estimate of drug-likeness (QED) is 0.698. The zero-order valence-corrected chi connectivity index (χ0v) is 19.1. The Morgan fingerprint density at radius 1 is 0.879 bits per heavy atom. The Balaban J connectivity index is 1.03. The highest BCUT2D eigenvalue weighted by Gasteiger charge is 2.27. The van der Waals surface area contributed by atoms with Crippen LogP contribution in [0.2, 0.25) is 0 Å². The number of aryl methyl sites for hydroxylation is 1. The van der Waals surface area contributed by atoms with Gasteiger partial charge in [0.2, 0.25) is 19.5 Å². The second-order valence-electron chi connectivity index (χ2n) is 9.49. The van der Waals surface area contributed by atoms with Gasteiger partial charge < -0.3 is 28.7 Å². The van der Waals surface area contributed by atoms with E-state index in [1.807, 2.05) is 11.0 Å². The lowest BCUT2D eigenvalue weighted by molar-refractivity contribution is -0.130. The molecule has 0 saturated carbocycles. The van der Waals surface area contributed by atoms with E-state index >= 15 is 0 Å². The minimum absolute atomic E-state index is 0.206. The van der Waals surface area contributed by atoms with Crippen LogP contribution in [0.4, 0.5) is 0 Å². The summed E-state index contributed by atoms with van der Waals surface area (Å²) in [5, 5.41) is 0. The molecule has 7 nitrogen and oxygen atoms in total. The highest BCUT2D eigenvalue weighted by Crippen LogP contribution is 2.38. The van der Waals surface area contributed by atoms with Crippen molar-refractivity contribution in [3.63, 3.8) is 0 Å². The number of amides is 1. The van der Waals surface area contributed by atoms with Gasteiger partial charge in [0, 0.05) is 19.1 Å². The van der Waals surface area contributed by atoms with Crippen molar-refractivity contribution in [1.29, 1.82) is 0 Å². The third-order valence-electron chi connectivity index (χ3n) is 7.50. The smallest absolute Gasteiger partial charge is 0.231 e. The van der Waals surface area contributed by atoms with E-state index in [0.29, 0.717) is 19.3 Å². The second kappa shape index (κ2) is 8.45. The number of carbonyl (C=O) groups is 1. The van der Waals surface area contributed by atoms with Crippen LogP contribution in [0.3, 0.4) is 0 Å². The normalized spacial score (nSPS) is 20.6. The van der Waals surface area contributed by atoms with Crippen molar-refractivity contribution in [2.75, 3.05) is 40.3 Å². The molecule has 0 aromatic heterocycles. The predicted molar refractivity (Wildman–Crippen MR) is 122 cm³/mol. The maximum atomic E-state index is 12.9. The Bertz CT molecular complexity index is 1080. The van der Waals surface area contributed by atoms with E-state index in [4.69, 9.17) is 18.9 Å². The highest BCUT2D eigenvalue weighted by molar-refractivity contribution is 5.80. The van der Waals surface area contributed by atoms with Crippen LogP contribution in [0, 0.1) is 0 Å². The van der Waals surface area contributed by atoms with Crippen LogP contribution < -0.4 is 18.9 Å². The summed E-state index contributed by atoms with van der Waals surface area (Å²) >= 11 is 0. The van der Waals surface area contributed by atoms with Crippen LogP contribution in [-0.2, 0) is 30.5 Å². The largest absolute Gasteiger partial charge is 0.454 e. The summed E-state index contributed by atoms with van der Waals surface area (Å²) in [5.74, 6) is 3.53. The van der Waals surface area contributed by atoms with Crippen LogP contribution in [0.25, 0.3) is 0 Å². The fourth-order valence-electron chi connectivity index (χ4n) is 5.51. The molecule has 1 unspecified atom stereocenters. The first kappa shape index (κ1) is 20.7. The number of ether oxygens (including phenoxy) is 4. The third-order valence-corrected chi connectivity index (χ3v) is 7.50. The molecule has 4 aliphatic rings. The SMILES string of the molecule is CN(CCCN1CCc2cc3c(cc2CC1=O)OCO3)C1CCc2cc3c(cc2C1)OCO3. The van der Waals surface area contributed by atoms with Gasteiger partial charge in [-0.1, -0.05) is 0 Å². The van der Waals surface area contributed by atoms with Crippen LogP contribution in [0.1, 0.15) is 35.1 Å². The van der Waals surface area contributed by atoms with E-state index in [9.17, 15) is 4.79 Å². The number of benzene rings is 2. The number of carbonyl (C=O) groups excluding carboxylic acids is 1. The Kier molecular flexibility index (Phi) is 5.29. The highest BCUT2D eigenvalue weighted by atomic mass is 16.7. The van der Waals surface area contributed by atoms with E-state index in [1.54, 1.807) is 0 Å². The lowest BCUT2D eigenvalue weighted by atomic mass is 9.87. The molecule has 6 rings (SSSR count). The summed E-state index contributed by atoms with van der Waals surface area (Å²) in [5.41, 5.74) is 5.04. The zero-order valence-electron chi connectivity index (χ0n) is 19.1. The zero-order chi connectivity index (χ0) is 22.4. The Morgan fingerprint density at radius 3 is 2.18 bits per heavy atom. The fourth-order valence-corrected chi connectivity index (χ4v) is 5.51. The molecule has 0 bridgehead atoms. The van der Waals surface area contributed by atoms with Gasteiger partial charge in [-0.2, -0.15) is 0 Å². The number of hydrogen-bond donors (Lipinski definition) is 0. The Labute approximate surface area is 194 Å². The molecule has 1 atom stereocenters. The van der Waals surface area contributed by atoms with Gasteiger partial charge in [0.15, 0.2) is 23.0 Å². The molecule has 3 heterocycles. The van der Waals surface area contributed by atoms with Crippen LogP contribution in [-0.4, -0.2) is 62.0 Å². The molecule has 0 spiro atoms. The molecule has 1 aliphatic carbocycles. The van der Waals surface area contributed by atoms with Crippen LogP contribution in [0.15, 0.2) is 24.3 Å². The van der Waals surface area contributed by atoms with Crippen LogP contribution >= 0.6 is 0 Å². The molecule has 2 aromatic rings. The van der Waals surface area contributed by atoms with E-state index < -0.39 is 0 Å². The number of likely N-dealkylation sites (N-methyl/N-ethyl adjacent to an activating group) is 1. The number of nitrogens with zero attached hydrogens (tertiary/aromatic N) is 2. The van der Waals surface area contributed by atoms with Crippen molar-refractivity contribution < 1.29 is 23.7 Å². The van der Waals surface area contributed by atoms with Crippen molar-refractivity contribution in [3.05, 3.63) is 46.5 Å². The fraction of sp³-hybridized carbons (Fsp3) is 0.500. The first-order valence-electron chi connectivity index (χ1n) is 11.9. The van der Waals surface area contributed by atoms with E-state index in [-0.39, 0.29) is 12.7 Å². The van der Waals surface area contributed by atoms with E-state index in [1.165, 1.54) is 16.7 Å². The molecule has 0 saturated heterocycles. The molecular formula is C26H30N2O5. The Hall–Kier alpha value is -2.93. The predicted octanol–water partition coefficient (Wildman–Crippen LogP) is 2.95. The molecule has 0 fully saturated rings. The lowest BCUT2D eigenvalue weighted by Gasteiger charge is -2.33. The van der Waals surface area contributed by atoms with Gasteiger partial charge in [-0.25, -0.2) is 0 Å². The molecule has 1 amide bonds. The third kappa shape index (κ3) is 3.99. The van der Waals surface area contributed by atoms with Crippen molar-refractivity contribution in [1.82, 2.24) is 9.80 Å². The van der Waals surface area contributed by atoms with Gasteiger partial charge in [0.1, 0.15) is 0 Å². The molecule has 0 radical (unpaired) electrons. The van der Waals surface area contributed by atoms with E-state index in [2.05, 4.69) is 30.1 Å². The lowest BCUT2D eigenvalue weighted by Crippen LogP contribution is -2.39. The second-order valence-corrected chi connectivity index (χ2v) is 9.49. The summed E-state index contributed by atoms with van der Waals surface area (Å²) in [6, 6.07) is 8.88. The monoisotopic (exact) mass is 450 g/mol. The summed E-state index contributed by atoms with van der Waals surface area (Å²) in [6.45, 7) is 3.14. The summed E-state index contributed by atoms with van der Waals surface area (Å²) < 4.78 is 22.1. The van der Waals surface area contributed by atoms with Crippen LogP contribution in [0.5, 0.6) is 23.0 Å². The van der Waals surface area contributed by atoms with Crippen molar-refractivity contribution >= 4 is 5.91 Å². The van der Waals surface area contributed by atoms with Gasteiger partial charge in [0.05, 0.1) is 6.42 Å². The average molecular weight is 451 g/mol. The number of fused-ring (bicyclic) bond motifs is 4. The molecule has 3 aliphatic heterocycles. The first-order valence-corrected chi connectivity index (χ1v) is 11.9. The van der Waals surface area contributed by atoms with E-state index in [0.717, 1.165) is 80.3 Å². The Morgan fingerprint density at radius 2 is 1.48 bits per heavy atom. The van der Waals surface area contributed by atoms with Crippen molar-refractivity contribution in [2.24, 2.45) is 0 Å². The topological polar surface area (TPSA) is 60.5 Å². The minimum atomic E-state index is 0.206. The summed E-state index contributed by atoms with van der Waals surface area (Å²) in [4.78, 5) is 17.4. The molecule has 7 heteroatoms. The van der Waals surface area contributed by atoms with Gasteiger partial charge in [-0.05, 0) is 92.2 Å². The van der Waals surface area contributed by atoms with Crippen molar-refractivity contribution in [2.45, 2.75) is 44.6 Å². The number of hydrogen-bond acceptors (Lipinski definition) is 6. The van der Waals surface area contributed by atoms with Gasteiger partial charge in [-0.15, -0.1) is 0 Å². The average Bonchev–Trinajstić information content (AvgIpc) is 3.44. The molecular weight excluding hydrogens is 420 g/mol. The summed E-state index contributed by atoms with van der Waals surface area (Å²) in [6.07, 6.45) is 5.54. The molecule has 33 heavy (non-hydrogen) atoms. The van der Waals surface area contributed by atoms with Gasteiger partial charge >= 0.3 is 0 Å². The standard InChI is InChI=1S/C26H30N2O5/c1-27(21-4-3-17-10-22-24(32-15-30-22)12-19(17)9-21)6-2-7-28-8-5-18-11-23-25(33-16-31-23)13-20(18)14-26(28)29/h10-13,21H,2-9,14-16H2,1H3. The maximum absolute atomic E-state index is 12.9. The first-order chi connectivity index (χ1) is 16.1. The molecule has 0 N–H and O–H groups in total. The van der Waals surface area contributed by atoms with Gasteiger partial charge in [0.25, 0.3) is 0 Å². The summed E-state index contributed by atoms with van der Waals surface area (Å²) in [7, 11) is 2.21. The number of rotatable bonds is 5. The minimum Gasteiger partial charge on any atom is -0.454 e. The van der Waals surface area contributed by atoms with Gasteiger partial charge in [-0.3, -0.25) is 4.79 Å². The maximum Gasteiger partial charge on any atom is 0.231 e.